The summed E-state index contributed by atoms with van der Waals surface area (Å²) in [6.45, 7) is 0.980. The lowest BCUT2D eigenvalue weighted by Crippen LogP contribution is -2.30. The van der Waals surface area contributed by atoms with E-state index in [1.165, 1.54) is 12.1 Å². The van der Waals surface area contributed by atoms with Gasteiger partial charge in [0.25, 0.3) is 5.91 Å². The van der Waals surface area contributed by atoms with E-state index < -0.39 is 12.2 Å². The Morgan fingerprint density at radius 1 is 1.24 bits per heavy atom. The molecule has 0 saturated heterocycles. The first-order valence-electron chi connectivity index (χ1n) is 12.4. The number of imidazole rings is 1. The maximum absolute atomic E-state index is 13.4. The van der Waals surface area contributed by atoms with Crippen LogP contribution in [0.1, 0.15) is 54.6 Å². The number of halogens is 2. The molecule has 0 spiro atoms. The first kappa shape index (κ1) is 24.3. The van der Waals surface area contributed by atoms with Crippen molar-refractivity contribution in [3.05, 3.63) is 65.7 Å². The summed E-state index contributed by atoms with van der Waals surface area (Å²) >= 11 is 0. The van der Waals surface area contributed by atoms with E-state index in [-0.39, 0.29) is 28.9 Å². The van der Waals surface area contributed by atoms with Crippen molar-refractivity contribution in [3.8, 4) is 28.3 Å². The second kappa shape index (κ2) is 8.76. The van der Waals surface area contributed by atoms with Crippen LogP contribution in [0.15, 0.2) is 48.7 Å². The molecule has 2 aliphatic rings. The lowest BCUT2D eigenvalue weighted by atomic mass is 9.94. The molecule has 0 saturated carbocycles. The molecule has 10 heteroatoms. The number of amides is 1. The average molecular weight is 521 g/mol. The van der Waals surface area contributed by atoms with Gasteiger partial charge in [-0.3, -0.25) is 14.3 Å². The van der Waals surface area contributed by atoms with Gasteiger partial charge in [-0.25, -0.2) is 4.98 Å². The Balaban J connectivity index is 1.60. The standard InChI is InChI=1S/C28H26F2N4O4/c1-4-19-25-32-18-9-8-15(16-13-22-24(31-14-16)28(2,36)10-11-37-22)12-20(18)34(25)23-17(26(35)33(19)3)6-5-7-21(23)38-27(29)30/h5-9,12-14,19,27,36H,4,10-11H2,1-3H3. The minimum atomic E-state index is -3.06. The quantitative estimate of drug-likeness (QED) is 0.397. The number of alkyl halides is 2. The number of rotatable bonds is 4. The fourth-order valence-electron chi connectivity index (χ4n) is 5.40. The Morgan fingerprint density at radius 2 is 2.05 bits per heavy atom. The van der Waals surface area contributed by atoms with E-state index >= 15 is 0 Å². The van der Waals surface area contributed by atoms with Crippen LogP contribution in [0.2, 0.25) is 0 Å². The Bertz CT molecular complexity index is 1580. The van der Waals surface area contributed by atoms with Crippen LogP contribution in [0.3, 0.4) is 0 Å². The van der Waals surface area contributed by atoms with E-state index in [9.17, 15) is 18.7 Å². The molecule has 6 rings (SSSR count). The van der Waals surface area contributed by atoms with Gasteiger partial charge in [0.15, 0.2) is 5.75 Å². The van der Waals surface area contributed by atoms with Crippen LogP contribution in [-0.2, 0) is 5.60 Å². The largest absolute Gasteiger partial charge is 0.491 e. The third-order valence-corrected chi connectivity index (χ3v) is 7.36. The Hall–Kier alpha value is -4.05. The molecule has 0 fully saturated rings. The van der Waals surface area contributed by atoms with Crippen molar-refractivity contribution in [2.45, 2.75) is 44.9 Å². The summed E-state index contributed by atoms with van der Waals surface area (Å²) in [5, 5.41) is 10.7. The minimum absolute atomic E-state index is 0.104. The van der Waals surface area contributed by atoms with Crippen LogP contribution < -0.4 is 9.47 Å². The summed E-state index contributed by atoms with van der Waals surface area (Å²) < 4.78 is 39.3. The molecule has 4 heterocycles. The van der Waals surface area contributed by atoms with Crippen LogP contribution in [-0.4, -0.2) is 50.7 Å². The van der Waals surface area contributed by atoms with Crippen LogP contribution in [0.25, 0.3) is 27.8 Å². The molecule has 0 aliphatic carbocycles. The number of fused-ring (bicyclic) bond motifs is 6. The van der Waals surface area contributed by atoms with E-state index in [2.05, 4.69) is 4.98 Å². The maximum atomic E-state index is 13.4. The van der Waals surface area contributed by atoms with Gasteiger partial charge in [0.2, 0.25) is 0 Å². The van der Waals surface area contributed by atoms with Crippen molar-refractivity contribution in [2.24, 2.45) is 0 Å². The molecular weight excluding hydrogens is 494 g/mol. The number of carbonyl (C=O) groups is 1. The molecule has 2 unspecified atom stereocenters. The zero-order chi connectivity index (χ0) is 26.8. The number of pyridine rings is 1. The number of aliphatic hydroxyl groups is 1. The summed E-state index contributed by atoms with van der Waals surface area (Å²) in [5.41, 5.74) is 2.72. The molecule has 38 heavy (non-hydrogen) atoms. The number of ether oxygens (including phenoxy) is 2. The molecule has 2 atom stereocenters. The second-order valence-corrected chi connectivity index (χ2v) is 9.82. The zero-order valence-corrected chi connectivity index (χ0v) is 21.1. The third-order valence-electron chi connectivity index (χ3n) is 7.36. The van der Waals surface area contributed by atoms with Gasteiger partial charge in [-0.2, -0.15) is 8.78 Å². The van der Waals surface area contributed by atoms with Crippen molar-refractivity contribution >= 4 is 16.9 Å². The summed E-state index contributed by atoms with van der Waals surface area (Å²) in [7, 11) is 1.69. The molecule has 4 aromatic rings. The van der Waals surface area contributed by atoms with Crippen LogP contribution in [0, 0.1) is 0 Å². The molecule has 2 aromatic heterocycles. The van der Waals surface area contributed by atoms with Gasteiger partial charge in [0, 0.05) is 25.2 Å². The van der Waals surface area contributed by atoms with Gasteiger partial charge >= 0.3 is 6.61 Å². The van der Waals surface area contributed by atoms with Crippen LogP contribution >= 0.6 is 0 Å². The summed E-state index contributed by atoms with van der Waals surface area (Å²) in [5.74, 6) is 0.669. The van der Waals surface area contributed by atoms with E-state index in [1.807, 2.05) is 31.2 Å². The topological polar surface area (TPSA) is 89.7 Å². The van der Waals surface area contributed by atoms with Gasteiger partial charge in [0.05, 0.1) is 29.2 Å². The number of hydrogen-bond acceptors (Lipinski definition) is 6. The molecular formula is C28H26F2N4O4. The maximum Gasteiger partial charge on any atom is 0.387 e. The number of para-hydroxylation sites is 1. The third kappa shape index (κ3) is 3.70. The molecule has 8 nitrogen and oxygen atoms in total. The van der Waals surface area contributed by atoms with E-state index in [4.69, 9.17) is 14.5 Å². The van der Waals surface area contributed by atoms with Gasteiger partial charge in [-0.1, -0.05) is 19.1 Å². The number of hydrogen-bond donors (Lipinski definition) is 1. The average Bonchev–Trinajstić information content (AvgIpc) is 3.21. The monoisotopic (exact) mass is 520 g/mol. The molecule has 1 amide bonds. The normalized spacial score (nSPS) is 20.6. The second-order valence-electron chi connectivity index (χ2n) is 9.82. The summed E-state index contributed by atoms with van der Waals surface area (Å²) in [4.78, 5) is 24.4. The zero-order valence-electron chi connectivity index (χ0n) is 21.1. The number of carbonyl (C=O) groups excluding carboxylic acids is 1. The van der Waals surface area contributed by atoms with Gasteiger partial charge < -0.3 is 19.5 Å². The SMILES string of the molecule is CCC1c2nc3ccc(-c4cnc5c(c4)OCCC5(C)O)cc3n2-c2c(OC(F)F)cccc2C(=O)N1C. The predicted molar refractivity (Wildman–Crippen MR) is 136 cm³/mol. The van der Waals surface area contributed by atoms with Crippen molar-refractivity contribution in [1.29, 1.82) is 0 Å². The van der Waals surface area contributed by atoms with E-state index in [0.29, 0.717) is 47.7 Å². The molecule has 2 aliphatic heterocycles. The van der Waals surface area contributed by atoms with Crippen LogP contribution in [0.5, 0.6) is 11.5 Å². The lowest BCUT2D eigenvalue weighted by molar-refractivity contribution is -0.0498. The molecule has 0 bridgehead atoms. The first-order valence-corrected chi connectivity index (χ1v) is 12.4. The molecule has 0 radical (unpaired) electrons. The Morgan fingerprint density at radius 3 is 2.82 bits per heavy atom. The first-order chi connectivity index (χ1) is 18.2. The van der Waals surface area contributed by atoms with Crippen molar-refractivity contribution in [2.75, 3.05) is 13.7 Å². The van der Waals surface area contributed by atoms with Crippen molar-refractivity contribution < 1.29 is 28.2 Å². The number of aromatic nitrogens is 3. The van der Waals surface area contributed by atoms with Gasteiger partial charge in [-0.05, 0) is 49.2 Å². The van der Waals surface area contributed by atoms with Crippen molar-refractivity contribution in [3.63, 3.8) is 0 Å². The Kier molecular flexibility index (Phi) is 5.60. The number of nitrogens with zero attached hydrogens (tertiary/aromatic N) is 4. The smallest absolute Gasteiger partial charge is 0.387 e. The van der Waals surface area contributed by atoms with Gasteiger partial charge in [-0.15, -0.1) is 0 Å². The molecule has 2 aromatic carbocycles. The fraction of sp³-hybridized carbons (Fsp3) is 0.321. The van der Waals surface area contributed by atoms with Crippen LogP contribution in [0.4, 0.5) is 8.78 Å². The summed E-state index contributed by atoms with van der Waals surface area (Å²) in [6.07, 6.45) is 2.70. The summed E-state index contributed by atoms with van der Waals surface area (Å²) in [6, 6.07) is 11.7. The number of benzene rings is 2. The lowest BCUT2D eigenvalue weighted by Gasteiger charge is -2.30. The highest BCUT2D eigenvalue weighted by Gasteiger charge is 2.36. The minimum Gasteiger partial charge on any atom is -0.491 e. The predicted octanol–water partition coefficient (Wildman–Crippen LogP) is 5.22. The van der Waals surface area contributed by atoms with Gasteiger partial charge in [0.1, 0.15) is 28.6 Å². The Labute approximate surface area is 217 Å². The highest BCUT2D eigenvalue weighted by molar-refractivity contribution is 6.01. The highest BCUT2D eigenvalue weighted by atomic mass is 19.3. The molecule has 196 valence electrons. The van der Waals surface area contributed by atoms with E-state index in [0.717, 1.165) is 11.1 Å². The van der Waals surface area contributed by atoms with E-state index in [1.54, 1.807) is 35.7 Å². The fourth-order valence-corrected chi connectivity index (χ4v) is 5.40. The molecule has 1 N–H and O–H groups in total. The highest BCUT2D eigenvalue weighted by Crippen LogP contribution is 2.42. The van der Waals surface area contributed by atoms with Crippen molar-refractivity contribution in [1.82, 2.24) is 19.4 Å².